The number of hydrogen-bond donors (Lipinski definition) is 1. The first-order valence-electron chi connectivity index (χ1n) is 5.24. The first-order valence-corrected chi connectivity index (χ1v) is 6.03. The van der Waals surface area contributed by atoms with Gasteiger partial charge >= 0.3 is 0 Å². The highest BCUT2D eigenvalue weighted by Gasteiger charge is 2.12. The van der Waals surface area contributed by atoms with Crippen molar-refractivity contribution in [3.05, 3.63) is 40.4 Å². The number of rotatable bonds is 3. The number of aromatic amines is 1. The number of halogens is 2. The minimum atomic E-state index is -0.437. The normalized spacial score (nSPS) is 12.9. The predicted molar refractivity (Wildman–Crippen MR) is 71.6 cm³/mol. The van der Waals surface area contributed by atoms with E-state index in [0.717, 1.165) is 17.5 Å². The summed E-state index contributed by atoms with van der Waals surface area (Å²) < 4.78 is 15.9. The third-order valence-electron chi connectivity index (χ3n) is 2.71. The van der Waals surface area contributed by atoms with Crippen LogP contribution >= 0.6 is 23.8 Å². The van der Waals surface area contributed by atoms with Crippen LogP contribution in [-0.4, -0.2) is 9.55 Å². The summed E-state index contributed by atoms with van der Waals surface area (Å²) in [4.78, 5) is 3.03. The van der Waals surface area contributed by atoms with E-state index in [9.17, 15) is 4.39 Å². The van der Waals surface area contributed by atoms with E-state index in [4.69, 9.17) is 23.8 Å². The molecule has 1 aromatic heterocycles. The number of H-pyrrole nitrogens is 1. The first-order chi connectivity index (χ1) is 8.04. The van der Waals surface area contributed by atoms with Crippen molar-refractivity contribution in [1.82, 2.24) is 9.55 Å². The molecule has 0 saturated carbocycles. The van der Waals surface area contributed by atoms with E-state index in [1.54, 1.807) is 6.07 Å². The minimum Gasteiger partial charge on any atom is -0.331 e. The molecule has 2 nitrogen and oxygen atoms in total. The molecule has 0 fully saturated rings. The van der Waals surface area contributed by atoms with Crippen LogP contribution in [-0.2, 0) is 0 Å². The van der Waals surface area contributed by atoms with Crippen molar-refractivity contribution in [1.29, 1.82) is 0 Å². The van der Waals surface area contributed by atoms with Gasteiger partial charge in [0.25, 0.3) is 0 Å². The molecule has 17 heavy (non-hydrogen) atoms. The second-order valence-electron chi connectivity index (χ2n) is 3.96. The van der Waals surface area contributed by atoms with Crippen molar-refractivity contribution in [3.63, 3.8) is 0 Å². The van der Waals surface area contributed by atoms with Crippen LogP contribution in [0.3, 0.4) is 0 Å². The van der Waals surface area contributed by atoms with E-state index < -0.39 is 5.82 Å². The fraction of sp³-hybridized carbons (Fsp3) is 0.250. The molecule has 0 aliphatic carbocycles. The molecule has 0 aliphatic rings. The van der Waals surface area contributed by atoms with Crippen LogP contribution in [0.15, 0.2) is 24.8 Å². The Morgan fingerprint density at radius 3 is 3.00 bits per heavy atom. The molecule has 2 rings (SSSR count). The van der Waals surface area contributed by atoms with E-state index in [2.05, 4.69) is 11.6 Å². The molecule has 2 aromatic rings. The maximum Gasteiger partial charge on any atom is 0.178 e. The summed E-state index contributed by atoms with van der Waals surface area (Å²) in [6.07, 6.45) is 2.59. The van der Waals surface area contributed by atoms with Crippen molar-refractivity contribution in [2.75, 3.05) is 0 Å². The second-order valence-corrected chi connectivity index (χ2v) is 4.75. The van der Waals surface area contributed by atoms with E-state index >= 15 is 0 Å². The Morgan fingerprint density at radius 1 is 1.65 bits per heavy atom. The lowest BCUT2D eigenvalue weighted by Crippen LogP contribution is -2.04. The largest absolute Gasteiger partial charge is 0.331 e. The van der Waals surface area contributed by atoms with Gasteiger partial charge < -0.3 is 9.55 Å². The van der Waals surface area contributed by atoms with Gasteiger partial charge in [-0.15, -0.1) is 6.58 Å². The van der Waals surface area contributed by atoms with Crippen molar-refractivity contribution >= 4 is 34.9 Å². The van der Waals surface area contributed by atoms with Crippen LogP contribution in [0.4, 0.5) is 4.39 Å². The van der Waals surface area contributed by atoms with Crippen molar-refractivity contribution < 1.29 is 4.39 Å². The van der Waals surface area contributed by atoms with Gasteiger partial charge in [0.15, 0.2) is 4.77 Å². The van der Waals surface area contributed by atoms with E-state index in [-0.39, 0.29) is 11.1 Å². The molecule has 0 amide bonds. The van der Waals surface area contributed by atoms with Gasteiger partial charge in [-0.25, -0.2) is 4.39 Å². The Labute approximate surface area is 109 Å². The zero-order valence-electron chi connectivity index (χ0n) is 9.34. The smallest absolute Gasteiger partial charge is 0.178 e. The van der Waals surface area contributed by atoms with E-state index in [1.165, 1.54) is 6.07 Å². The van der Waals surface area contributed by atoms with E-state index in [0.29, 0.717) is 4.77 Å². The number of nitrogens with one attached hydrogen (secondary N) is 1. The first kappa shape index (κ1) is 12.3. The summed E-state index contributed by atoms with van der Waals surface area (Å²) in [6.45, 7) is 5.71. The van der Waals surface area contributed by atoms with Crippen molar-refractivity contribution in [2.45, 2.75) is 19.4 Å². The molecule has 1 aromatic carbocycles. The highest BCUT2D eigenvalue weighted by Crippen LogP contribution is 2.26. The van der Waals surface area contributed by atoms with Crippen LogP contribution in [0.25, 0.3) is 11.0 Å². The maximum atomic E-state index is 13.5. The van der Waals surface area contributed by atoms with Gasteiger partial charge in [0, 0.05) is 12.1 Å². The molecule has 1 N–H and O–H groups in total. The lowest BCUT2D eigenvalue weighted by Gasteiger charge is -2.12. The molecule has 0 spiro atoms. The van der Waals surface area contributed by atoms with Gasteiger partial charge in [-0.1, -0.05) is 17.7 Å². The molecule has 0 bridgehead atoms. The zero-order valence-corrected chi connectivity index (χ0v) is 10.9. The number of aromatic nitrogens is 2. The zero-order chi connectivity index (χ0) is 12.6. The van der Waals surface area contributed by atoms with E-state index in [1.807, 2.05) is 17.6 Å². The van der Waals surface area contributed by atoms with Gasteiger partial charge in [0.2, 0.25) is 0 Å². The van der Waals surface area contributed by atoms with Crippen LogP contribution in [0.1, 0.15) is 19.4 Å². The molecule has 1 unspecified atom stereocenters. The number of hydrogen-bond acceptors (Lipinski definition) is 1. The molecule has 1 atom stereocenters. The second kappa shape index (κ2) is 4.63. The summed E-state index contributed by atoms with van der Waals surface area (Å²) in [5.74, 6) is -0.437. The summed E-state index contributed by atoms with van der Waals surface area (Å²) in [6, 6.07) is 3.09. The molecular formula is C12H12ClFN2S. The summed E-state index contributed by atoms with van der Waals surface area (Å²) in [5.41, 5.74) is 1.48. The average molecular weight is 271 g/mol. The quantitative estimate of drug-likeness (QED) is 0.637. The van der Waals surface area contributed by atoms with Gasteiger partial charge in [-0.05, 0) is 31.6 Å². The fourth-order valence-corrected chi connectivity index (χ4v) is 2.46. The van der Waals surface area contributed by atoms with Crippen molar-refractivity contribution in [2.24, 2.45) is 0 Å². The predicted octanol–water partition coefficient (Wildman–Crippen LogP) is 4.63. The van der Waals surface area contributed by atoms with Crippen LogP contribution in [0.2, 0.25) is 5.02 Å². The average Bonchev–Trinajstić information content (AvgIpc) is 2.55. The number of fused-ring (bicyclic) bond motifs is 1. The Hall–Kier alpha value is -1.13. The Morgan fingerprint density at radius 2 is 2.35 bits per heavy atom. The molecular weight excluding hydrogens is 259 g/mol. The Bertz CT molecular complexity index is 629. The molecule has 90 valence electrons. The third-order valence-corrected chi connectivity index (χ3v) is 3.30. The fourth-order valence-electron chi connectivity index (χ4n) is 1.90. The Kier molecular flexibility index (Phi) is 3.35. The maximum absolute atomic E-state index is 13.5. The summed E-state index contributed by atoms with van der Waals surface area (Å²) in [7, 11) is 0. The van der Waals surface area contributed by atoms with Crippen molar-refractivity contribution in [3.8, 4) is 0 Å². The lowest BCUT2D eigenvalue weighted by molar-refractivity contribution is 0.561. The standard InChI is InChI=1S/C12H12ClFN2S/c1-3-4-7(2)16-11-6-9(14)8(13)5-10(11)15-12(16)17/h3,5-7H,1,4H2,2H3,(H,15,17). The molecule has 0 saturated heterocycles. The van der Waals surface area contributed by atoms with Gasteiger partial charge in [-0.3, -0.25) is 0 Å². The summed E-state index contributed by atoms with van der Waals surface area (Å²) >= 11 is 11.0. The third kappa shape index (κ3) is 2.15. The van der Waals surface area contributed by atoms with Gasteiger partial charge in [0.05, 0.1) is 16.1 Å². The SMILES string of the molecule is C=CCC(C)n1c(=S)[nH]c2cc(Cl)c(F)cc21. The molecule has 1 heterocycles. The lowest BCUT2D eigenvalue weighted by atomic mass is 10.2. The highest BCUT2D eigenvalue weighted by atomic mass is 35.5. The summed E-state index contributed by atoms with van der Waals surface area (Å²) in [5, 5.41) is 0.0947. The molecule has 0 aliphatic heterocycles. The monoisotopic (exact) mass is 270 g/mol. The highest BCUT2D eigenvalue weighted by molar-refractivity contribution is 7.71. The Balaban J connectivity index is 2.70. The number of nitrogens with zero attached hydrogens (tertiary/aromatic N) is 1. The number of allylic oxidation sites excluding steroid dienone is 1. The van der Waals surface area contributed by atoms with Crippen LogP contribution in [0.5, 0.6) is 0 Å². The number of benzene rings is 1. The molecule has 0 radical (unpaired) electrons. The van der Waals surface area contributed by atoms with Crippen LogP contribution in [0, 0.1) is 10.6 Å². The van der Waals surface area contributed by atoms with Crippen LogP contribution < -0.4 is 0 Å². The minimum absolute atomic E-state index is 0.0947. The molecule has 5 heteroatoms. The van der Waals surface area contributed by atoms with Gasteiger partial charge in [-0.2, -0.15) is 0 Å². The van der Waals surface area contributed by atoms with Gasteiger partial charge in [0.1, 0.15) is 5.82 Å². The topological polar surface area (TPSA) is 20.7 Å². The number of imidazole rings is 1.